The number of carbonyl (C=O) groups is 1. The number of non-ortho nitro benzene ring substituents is 1. The maximum Gasteiger partial charge on any atom is 0.270 e. The van der Waals surface area contributed by atoms with Gasteiger partial charge in [0.25, 0.3) is 11.6 Å². The number of nitro groups is 1. The summed E-state index contributed by atoms with van der Waals surface area (Å²) in [5, 5.41) is 12.6. The lowest BCUT2D eigenvalue weighted by atomic mass is 10.2. The number of carbonyl (C=O) groups excluding carboxylic acids is 1. The summed E-state index contributed by atoms with van der Waals surface area (Å²) >= 11 is 5.78. The fraction of sp³-hybridized carbons (Fsp3) is 0. The van der Waals surface area contributed by atoms with Crippen LogP contribution in [0.2, 0.25) is 5.02 Å². The highest BCUT2D eigenvalue weighted by molar-refractivity contribution is 6.34. The zero-order valence-electron chi connectivity index (χ0n) is 10.3. The van der Waals surface area contributed by atoms with E-state index in [1.807, 2.05) is 0 Å². The molecule has 0 fully saturated rings. The number of nitro benzene ring substituents is 1. The second-order valence-electron chi connectivity index (χ2n) is 4.00. The Balaban J connectivity index is 2.26. The largest absolute Gasteiger partial charge is 0.319 e. The molecular formula is C13H7ClF2N2O3. The molecular weight excluding hydrogens is 306 g/mol. The number of hydrogen-bond acceptors (Lipinski definition) is 3. The quantitative estimate of drug-likeness (QED) is 0.692. The van der Waals surface area contributed by atoms with Crippen molar-refractivity contribution in [1.82, 2.24) is 0 Å². The molecule has 0 bridgehead atoms. The summed E-state index contributed by atoms with van der Waals surface area (Å²) in [5.74, 6) is -2.49. The van der Waals surface area contributed by atoms with E-state index in [9.17, 15) is 23.7 Å². The molecule has 0 saturated carbocycles. The molecule has 0 aliphatic carbocycles. The molecule has 1 N–H and O–H groups in total. The van der Waals surface area contributed by atoms with E-state index in [0.717, 1.165) is 30.3 Å². The lowest BCUT2D eigenvalue weighted by molar-refractivity contribution is -0.384. The molecule has 8 heteroatoms. The zero-order chi connectivity index (χ0) is 15.6. The molecule has 1 amide bonds. The Morgan fingerprint density at radius 3 is 2.48 bits per heavy atom. The van der Waals surface area contributed by atoms with Crippen molar-refractivity contribution in [2.24, 2.45) is 0 Å². The second-order valence-corrected chi connectivity index (χ2v) is 4.41. The minimum absolute atomic E-state index is 0.0639. The Morgan fingerprint density at radius 1 is 1.19 bits per heavy atom. The first-order valence-electron chi connectivity index (χ1n) is 5.59. The van der Waals surface area contributed by atoms with Gasteiger partial charge in [-0.3, -0.25) is 14.9 Å². The lowest BCUT2D eigenvalue weighted by Crippen LogP contribution is -2.13. The van der Waals surface area contributed by atoms with Gasteiger partial charge in [-0.15, -0.1) is 0 Å². The van der Waals surface area contributed by atoms with Crippen LogP contribution in [0.4, 0.5) is 20.2 Å². The Labute approximate surface area is 122 Å². The van der Waals surface area contributed by atoms with Gasteiger partial charge < -0.3 is 5.32 Å². The topological polar surface area (TPSA) is 72.2 Å². The molecule has 0 radical (unpaired) electrons. The summed E-state index contributed by atoms with van der Waals surface area (Å²) in [6.45, 7) is 0. The van der Waals surface area contributed by atoms with Crippen LogP contribution in [0.1, 0.15) is 10.4 Å². The van der Waals surface area contributed by atoms with Crippen LogP contribution in [0.5, 0.6) is 0 Å². The van der Waals surface area contributed by atoms with Crippen LogP contribution >= 0.6 is 11.6 Å². The van der Waals surface area contributed by atoms with Crippen molar-refractivity contribution in [2.75, 3.05) is 5.32 Å². The number of rotatable bonds is 3. The highest BCUT2D eigenvalue weighted by atomic mass is 35.5. The molecule has 2 rings (SSSR count). The van der Waals surface area contributed by atoms with Gasteiger partial charge in [-0.25, -0.2) is 8.78 Å². The predicted molar refractivity (Wildman–Crippen MR) is 72.4 cm³/mol. The Kier molecular flexibility index (Phi) is 4.13. The van der Waals surface area contributed by atoms with Crippen molar-refractivity contribution in [1.29, 1.82) is 0 Å². The van der Waals surface area contributed by atoms with Gasteiger partial charge >= 0.3 is 0 Å². The number of hydrogen-bond donors (Lipinski definition) is 1. The van der Waals surface area contributed by atoms with E-state index in [-0.39, 0.29) is 22.0 Å². The van der Waals surface area contributed by atoms with E-state index in [1.165, 1.54) is 0 Å². The average molecular weight is 313 g/mol. The molecule has 2 aromatic rings. The van der Waals surface area contributed by atoms with Gasteiger partial charge in [-0.1, -0.05) is 11.6 Å². The van der Waals surface area contributed by atoms with Crippen molar-refractivity contribution in [3.8, 4) is 0 Å². The zero-order valence-corrected chi connectivity index (χ0v) is 11.0. The third kappa shape index (κ3) is 3.32. The molecule has 0 spiro atoms. The molecule has 2 aromatic carbocycles. The van der Waals surface area contributed by atoms with Crippen molar-refractivity contribution >= 4 is 28.9 Å². The maximum absolute atomic E-state index is 13.4. The summed E-state index contributed by atoms with van der Waals surface area (Å²) < 4.78 is 26.2. The van der Waals surface area contributed by atoms with Gasteiger partial charge in [-0.05, 0) is 18.2 Å². The number of nitrogens with one attached hydrogen (secondary N) is 1. The summed E-state index contributed by atoms with van der Waals surface area (Å²) in [7, 11) is 0. The fourth-order valence-corrected chi connectivity index (χ4v) is 1.84. The van der Waals surface area contributed by atoms with Crippen LogP contribution in [0.3, 0.4) is 0 Å². The number of anilines is 1. The highest BCUT2D eigenvalue weighted by Gasteiger charge is 2.16. The molecule has 0 aromatic heterocycles. The lowest BCUT2D eigenvalue weighted by Gasteiger charge is -2.07. The summed E-state index contributed by atoms with van der Waals surface area (Å²) in [4.78, 5) is 21.8. The predicted octanol–water partition coefficient (Wildman–Crippen LogP) is 3.78. The normalized spacial score (nSPS) is 10.2. The van der Waals surface area contributed by atoms with Gasteiger partial charge in [0.05, 0.1) is 21.2 Å². The molecule has 0 aliphatic heterocycles. The Morgan fingerprint density at radius 2 is 1.90 bits per heavy atom. The molecule has 0 saturated heterocycles. The van der Waals surface area contributed by atoms with Crippen molar-refractivity contribution < 1.29 is 18.5 Å². The minimum atomic E-state index is -0.943. The van der Waals surface area contributed by atoms with E-state index in [4.69, 9.17) is 11.6 Å². The molecule has 0 aliphatic rings. The van der Waals surface area contributed by atoms with Crippen LogP contribution in [0.25, 0.3) is 0 Å². The molecule has 5 nitrogen and oxygen atoms in total. The average Bonchev–Trinajstić information content (AvgIpc) is 2.41. The highest BCUT2D eigenvalue weighted by Crippen LogP contribution is 2.24. The van der Waals surface area contributed by atoms with Gasteiger partial charge in [0.15, 0.2) is 0 Å². The second kappa shape index (κ2) is 5.84. The number of benzene rings is 2. The first kappa shape index (κ1) is 14.9. The summed E-state index contributed by atoms with van der Waals surface area (Å²) in [5.41, 5.74) is -0.564. The molecule has 108 valence electrons. The fourth-order valence-electron chi connectivity index (χ4n) is 1.58. The third-order valence-electron chi connectivity index (χ3n) is 2.59. The third-order valence-corrected chi connectivity index (χ3v) is 2.90. The van der Waals surface area contributed by atoms with Gasteiger partial charge in [0, 0.05) is 18.2 Å². The van der Waals surface area contributed by atoms with Gasteiger partial charge in [0.1, 0.15) is 11.6 Å². The van der Waals surface area contributed by atoms with Crippen molar-refractivity contribution in [3.63, 3.8) is 0 Å². The van der Waals surface area contributed by atoms with Gasteiger partial charge in [0.2, 0.25) is 0 Å². The van der Waals surface area contributed by atoms with E-state index in [1.54, 1.807) is 0 Å². The van der Waals surface area contributed by atoms with Crippen molar-refractivity contribution in [2.45, 2.75) is 0 Å². The first-order chi connectivity index (χ1) is 9.88. The summed E-state index contributed by atoms with van der Waals surface area (Å²) in [6, 6.07) is 5.92. The maximum atomic E-state index is 13.4. The van der Waals surface area contributed by atoms with Crippen LogP contribution in [-0.4, -0.2) is 10.8 Å². The van der Waals surface area contributed by atoms with E-state index >= 15 is 0 Å². The van der Waals surface area contributed by atoms with Crippen LogP contribution in [-0.2, 0) is 0 Å². The van der Waals surface area contributed by atoms with E-state index in [0.29, 0.717) is 6.07 Å². The summed E-state index contributed by atoms with van der Waals surface area (Å²) in [6.07, 6.45) is 0. The van der Waals surface area contributed by atoms with Crippen molar-refractivity contribution in [3.05, 3.63) is 68.7 Å². The minimum Gasteiger partial charge on any atom is -0.319 e. The van der Waals surface area contributed by atoms with E-state index in [2.05, 4.69) is 5.32 Å². The Bertz CT molecular complexity index is 737. The molecule has 21 heavy (non-hydrogen) atoms. The Hall–Kier alpha value is -2.54. The molecule has 0 unspecified atom stereocenters. The number of halogens is 3. The van der Waals surface area contributed by atoms with Gasteiger partial charge in [-0.2, -0.15) is 0 Å². The number of nitrogens with zero attached hydrogens (tertiary/aromatic N) is 1. The molecule has 0 heterocycles. The monoisotopic (exact) mass is 312 g/mol. The van der Waals surface area contributed by atoms with Crippen LogP contribution in [0, 0.1) is 21.7 Å². The number of amides is 1. The first-order valence-corrected chi connectivity index (χ1v) is 5.96. The molecule has 0 atom stereocenters. The smallest absolute Gasteiger partial charge is 0.270 e. The standard InChI is InChI=1S/C13H7ClF2N2O3/c14-10-6-8(18(20)21)2-3-9(10)13(19)17-12-4-1-7(15)5-11(12)16/h1-6H,(H,17,19). The SMILES string of the molecule is O=C(Nc1ccc(F)cc1F)c1ccc([N+](=O)[O-])cc1Cl. The van der Waals surface area contributed by atoms with Crippen LogP contribution < -0.4 is 5.32 Å². The van der Waals surface area contributed by atoms with E-state index < -0.39 is 22.5 Å². The van der Waals surface area contributed by atoms with Crippen LogP contribution in [0.15, 0.2) is 36.4 Å².